The molecule has 0 radical (unpaired) electrons. The van der Waals surface area contributed by atoms with E-state index in [0.29, 0.717) is 24.3 Å². The van der Waals surface area contributed by atoms with E-state index < -0.39 is 10.0 Å². The summed E-state index contributed by atoms with van der Waals surface area (Å²) >= 11 is 0. The summed E-state index contributed by atoms with van der Waals surface area (Å²) in [6, 6.07) is 1.71. The maximum Gasteiger partial charge on any atom is 0.326 e. The molecule has 0 unspecified atom stereocenters. The first kappa shape index (κ1) is 15.4. The van der Waals surface area contributed by atoms with Gasteiger partial charge < -0.3 is 9.97 Å². The average molecular weight is 349 g/mol. The van der Waals surface area contributed by atoms with E-state index in [9.17, 15) is 13.2 Å². The zero-order valence-corrected chi connectivity index (χ0v) is 14.1. The van der Waals surface area contributed by atoms with E-state index >= 15 is 0 Å². The van der Waals surface area contributed by atoms with E-state index in [1.807, 2.05) is 6.07 Å². The molecule has 1 aliphatic rings. The van der Waals surface area contributed by atoms with Crippen LogP contribution in [0.5, 0.6) is 0 Å². The molecule has 0 aromatic carbocycles. The van der Waals surface area contributed by atoms with Gasteiger partial charge in [0.1, 0.15) is 5.65 Å². The summed E-state index contributed by atoms with van der Waals surface area (Å²) in [6.07, 6.45) is 4.93. The van der Waals surface area contributed by atoms with Crippen LogP contribution in [-0.4, -0.2) is 51.1 Å². The number of hydrogen-bond donors (Lipinski definition) is 2. The number of H-pyrrole nitrogens is 2. The number of aromatic nitrogens is 4. The standard InChI is InChI=1S/C15H19N5O3S/c1-2-24(22,23)19-7-3-4-10(9-19)20-13-11-5-6-16-14(11)17-8-12(13)18-15(20)21/h5-6,8,10H,2-4,7,9H2,1H3,(H,16,17)(H,18,21)/t10-/m1/s1. The molecule has 1 saturated heterocycles. The monoisotopic (exact) mass is 349 g/mol. The van der Waals surface area contributed by atoms with Crippen molar-refractivity contribution in [3.8, 4) is 0 Å². The second-order valence-electron chi connectivity index (χ2n) is 6.12. The Kier molecular flexibility index (Phi) is 3.50. The number of fused-ring (bicyclic) bond motifs is 3. The van der Waals surface area contributed by atoms with Crippen LogP contribution in [0.4, 0.5) is 0 Å². The highest BCUT2D eigenvalue weighted by Gasteiger charge is 2.30. The number of rotatable bonds is 3. The van der Waals surface area contributed by atoms with Crippen molar-refractivity contribution in [2.24, 2.45) is 0 Å². The fourth-order valence-corrected chi connectivity index (χ4v) is 4.71. The highest BCUT2D eigenvalue weighted by Crippen LogP contribution is 2.28. The molecule has 1 aliphatic heterocycles. The van der Waals surface area contributed by atoms with Crippen LogP contribution in [0.1, 0.15) is 25.8 Å². The van der Waals surface area contributed by atoms with Crippen LogP contribution in [0.3, 0.4) is 0 Å². The van der Waals surface area contributed by atoms with Gasteiger partial charge in [-0.3, -0.25) is 4.57 Å². The van der Waals surface area contributed by atoms with Crippen molar-refractivity contribution in [3.63, 3.8) is 0 Å². The van der Waals surface area contributed by atoms with E-state index in [4.69, 9.17) is 0 Å². The molecule has 128 valence electrons. The van der Waals surface area contributed by atoms with E-state index in [-0.39, 0.29) is 17.5 Å². The molecule has 3 aromatic heterocycles. The first-order valence-corrected chi connectivity index (χ1v) is 9.66. The van der Waals surface area contributed by atoms with E-state index in [2.05, 4.69) is 15.0 Å². The quantitative estimate of drug-likeness (QED) is 0.741. The number of imidazole rings is 1. The molecule has 9 heteroatoms. The maximum atomic E-state index is 12.5. The molecule has 4 rings (SSSR count). The third-order valence-corrected chi connectivity index (χ3v) is 6.59. The van der Waals surface area contributed by atoms with Crippen molar-refractivity contribution in [2.45, 2.75) is 25.8 Å². The fourth-order valence-electron chi connectivity index (χ4n) is 3.54. The summed E-state index contributed by atoms with van der Waals surface area (Å²) < 4.78 is 27.6. The molecule has 2 N–H and O–H groups in total. The van der Waals surface area contributed by atoms with Crippen molar-refractivity contribution in [1.29, 1.82) is 0 Å². The van der Waals surface area contributed by atoms with Crippen molar-refractivity contribution < 1.29 is 8.42 Å². The molecular formula is C15H19N5O3S. The van der Waals surface area contributed by atoms with Crippen molar-refractivity contribution in [2.75, 3.05) is 18.8 Å². The molecule has 1 fully saturated rings. The molecule has 0 bridgehead atoms. The molecular weight excluding hydrogens is 330 g/mol. The normalized spacial score (nSPS) is 20.1. The minimum atomic E-state index is -3.25. The second kappa shape index (κ2) is 5.45. The topological polar surface area (TPSA) is 104 Å². The van der Waals surface area contributed by atoms with Crippen LogP contribution >= 0.6 is 0 Å². The molecule has 8 nitrogen and oxygen atoms in total. The fraction of sp³-hybridized carbons (Fsp3) is 0.467. The van der Waals surface area contributed by atoms with Crippen LogP contribution in [0, 0.1) is 0 Å². The average Bonchev–Trinajstić information content (AvgIpc) is 3.17. The van der Waals surface area contributed by atoms with Gasteiger partial charge in [0.05, 0.1) is 29.0 Å². The lowest BCUT2D eigenvalue weighted by Crippen LogP contribution is -2.43. The molecule has 3 aromatic rings. The molecule has 0 saturated carbocycles. The van der Waals surface area contributed by atoms with Crippen molar-refractivity contribution in [1.82, 2.24) is 23.8 Å². The van der Waals surface area contributed by atoms with E-state index in [0.717, 1.165) is 23.7 Å². The predicted molar refractivity (Wildman–Crippen MR) is 91.5 cm³/mol. The number of piperidine rings is 1. The van der Waals surface area contributed by atoms with Crippen molar-refractivity contribution >= 4 is 32.1 Å². The van der Waals surface area contributed by atoms with Gasteiger partial charge in [0, 0.05) is 24.7 Å². The zero-order valence-electron chi connectivity index (χ0n) is 13.3. The van der Waals surface area contributed by atoms with Crippen molar-refractivity contribution in [3.05, 3.63) is 28.9 Å². The lowest BCUT2D eigenvalue weighted by atomic mass is 10.1. The van der Waals surface area contributed by atoms with Crippen LogP contribution in [0.2, 0.25) is 0 Å². The minimum absolute atomic E-state index is 0.0779. The Bertz CT molecular complexity index is 1060. The number of aromatic amines is 2. The van der Waals surface area contributed by atoms with Gasteiger partial charge >= 0.3 is 5.69 Å². The third kappa shape index (κ3) is 2.27. The van der Waals surface area contributed by atoms with E-state index in [1.54, 1.807) is 23.9 Å². The molecule has 0 amide bonds. The smallest absolute Gasteiger partial charge is 0.326 e. The molecule has 0 aliphatic carbocycles. The Morgan fingerprint density at radius 2 is 2.25 bits per heavy atom. The molecule has 1 atom stereocenters. The van der Waals surface area contributed by atoms with Crippen LogP contribution in [0.25, 0.3) is 22.1 Å². The van der Waals surface area contributed by atoms with Gasteiger partial charge in [-0.05, 0) is 25.8 Å². The predicted octanol–water partition coefficient (Wildman–Crippen LogP) is 1.19. The highest BCUT2D eigenvalue weighted by atomic mass is 32.2. The first-order chi connectivity index (χ1) is 11.5. The number of nitrogens with one attached hydrogen (secondary N) is 2. The minimum Gasteiger partial charge on any atom is -0.346 e. The van der Waals surface area contributed by atoms with Gasteiger partial charge in [0.25, 0.3) is 0 Å². The lowest BCUT2D eigenvalue weighted by molar-refractivity contribution is 0.267. The largest absolute Gasteiger partial charge is 0.346 e. The van der Waals surface area contributed by atoms with Crippen LogP contribution in [-0.2, 0) is 10.0 Å². The highest BCUT2D eigenvalue weighted by molar-refractivity contribution is 7.89. The van der Waals surface area contributed by atoms with Crippen LogP contribution in [0.15, 0.2) is 23.3 Å². The maximum absolute atomic E-state index is 12.5. The third-order valence-electron chi connectivity index (χ3n) is 4.74. The zero-order chi connectivity index (χ0) is 16.9. The molecule has 24 heavy (non-hydrogen) atoms. The summed E-state index contributed by atoms with van der Waals surface area (Å²) in [5.74, 6) is 0.0779. The summed E-state index contributed by atoms with van der Waals surface area (Å²) in [5, 5.41) is 0.862. The number of nitrogens with zero attached hydrogens (tertiary/aromatic N) is 3. The number of hydrogen-bond acceptors (Lipinski definition) is 4. The Hall–Kier alpha value is -2.13. The second-order valence-corrected chi connectivity index (χ2v) is 8.37. The summed E-state index contributed by atoms with van der Waals surface area (Å²) in [7, 11) is -3.25. The van der Waals surface area contributed by atoms with Gasteiger partial charge in [0.15, 0.2) is 0 Å². The summed E-state index contributed by atoms with van der Waals surface area (Å²) in [6.45, 7) is 2.49. The number of pyridine rings is 1. The summed E-state index contributed by atoms with van der Waals surface area (Å²) in [5.41, 5.74) is 1.94. The summed E-state index contributed by atoms with van der Waals surface area (Å²) in [4.78, 5) is 22.7. The van der Waals surface area contributed by atoms with Gasteiger partial charge in [-0.2, -0.15) is 4.31 Å². The first-order valence-electron chi connectivity index (χ1n) is 8.05. The Balaban J connectivity index is 1.85. The van der Waals surface area contributed by atoms with Gasteiger partial charge in [-0.25, -0.2) is 18.2 Å². The number of sulfonamides is 1. The Morgan fingerprint density at radius 3 is 3.04 bits per heavy atom. The van der Waals surface area contributed by atoms with Gasteiger partial charge in [0.2, 0.25) is 10.0 Å². The SMILES string of the molecule is CCS(=O)(=O)N1CCC[C@@H](n2c(=O)[nH]c3cnc4[nH]ccc4c32)C1. The van der Waals surface area contributed by atoms with Crippen LogP contribution < -0.4 is 5.69 Å². The Morgan fingerprint density at radius 1 is 1.42 bits per heavy atom. The molecule has 0 spiro atoms. The lowest BCUT2D eigenvalue weighted by Gasteiger charge is -2.32. The Labute approximate surface area is 138 Å². The molecule has 4 heterocycles. The van der Waals surface area contributed by atoms with E-state index in [1.165, 1.54) is 4.31 Å². The van der Waals surface area contributed by atoms with Gasteiger partial charge in [-0.1, -0.05) is 0 Å². The van der Waals surface area contributed by atoms with Gasteiger partial charge in [-0.15, -0.1) is 0 Å².